The van der Waals surface area contributed by atoms with E-state index in [0.717, 1.165) is 18.8 Å². The first kappa shape index (κ1) is 14.6. The number of anilines is 1. The maximum absolute atomic E-state index is 11.0. The van der Waals surface area contributed by atoms with Crippen LogP contribution in [-0.4, -0.2) is 17.6 Å². The van der Waals surface area contributed by atoms with E-state index in [0.29, 0.717) is 4.47 Å². The summed E-state index contributed by atoms with van der Waals surface area (Å²) in [6.45, 7) is 3.74. The largest absolute Gasteiger partial charge is 0.478 e. The molecule has 2 aromatic rings. The van der Waals surface area contributed by atoms with Gasteiger partial charge in [-0.15, -0.1) is 0 Å². The summed E-state index contributed by atoms with van der Waals surface area (Å²) in [6, 6.07) is 15.6. The van der Waals surface area contributed by atoms with Gasteiger partial charge in [0.1, 0.15) is 0 Å². The zero-order valence-electron chi connectivity index (χ0n) is 11.2. The van der Waals surface area contributed by atoms with E-state index in [1.54, 1.807) is 6.07 Å². The summed E-state index contributed by atoms with van der Waals surface area (Å²) in [7, 11) is 0. The Morgan fingerprint density at radius 1 is 1.20 bits per heavy atom. The summed E-state index contributed by atoms with van der Waals surface area (Å²) in [5.41, 5.74) is 2.52. The van der Waals surface area contributed by atoms with Gasteiger partial charge in [0.05, 0.1) is 5.56 Å². The molecule has 2 aromatic carbocycles. The highest BCUT2D eigenvalue weighted by molar-refractivity contribution is 9.10. The maximum Gasteiger partial charge on any atom is 0.336 e. The van der Waals surface area contributed by atoms with Crippen LogP contribution >= 0.6 is 15.9 Å². The number of carboxylic acids is 1. The molecule has 0 heterocycles. The van der Waals surface area contributed by atoms with Crippen LogP contribution in [0.4, 0.5) is 5.69 Å². The van der Waals surface area contributed by atoms with Crippen molar-refractivity contribution < 1.29 is 9.90 Å². The van der Waals surface area contributed by atoms with Gasteiger partial charge in [-0.2, -0.15) is 0 Å². The average Bonchev–Trinajstić information content (AvgIpc) is 2.45. The lowest BCUT2D eigenvalue weighted by Gasteiger charge is -2.23. The molecule has 0 amide bonds. The Labute approximate surface area is 127 Å². The van der Waals surface area contributed by atoms with Crippen molar-refractivity contribution >= 4 is 27.6 Å². The van der Waals surface area contributed by atoms with Gasteiger partial charge in [-0.1, -0.05) is 30.3 Å². The average molecular weight is 334 g/mol. The Bertz CT molecular complexity index is 599. The van der Waals surface area contributed by atoms with Crippen molar-refractivity contribution in [3.63, 3.8) is 0 Å². The predicted octanol–water partition coefficient (Wildman–Crippen LogP) is 4.17. The molecule has 0 aliphatic carbocycles. The number of aromatic carboxylic acids is 1. The van der Waals surface area contributed by atoms with Gasteiger partial charge in [0, 0.05) is 23.2 Å². The molecule has 0 saturated carbocycles. The van der Waals surface area contributed by atoms with Crippen molar-refractivity contribution in [3.05, 3.63) is 64.1 Å². The van der Waals surface area contributed by atoms with E-state index in [1.165, 1.54) is 5.56 Å². The second-order valence-corrected chi connectivity index (χ2v) is 5.32. The molecule has 0 aliphatic rings. The first-order valence-corrected chi connectivity index (χ1v) is 7.23. The highest BCUT2D eigenvalue weighted by atomic mass is 79.9. The van der Waals surface area contributed by atoms with E-state index >= 15 is 0 Å². The van der Waals surface area contributed by atoms with Crippen molar-refractivity contribution in [1.82, 2.24) is 0 Å². The zero-order valence-corrected chi connectivity index (χ0v) is 12.8. The molecular weight excluding hydrogens is 318 g/mol. The standard InChI is InChI=1S/C16H16BrNO2/c1-2-18(11-12-6-4-3-5-7-12)13-8-9-14(16(19)20)15(17)10-13/h3-10H,2,11H2,1H3,(H,19,20). The summed E-state index contributed by atoms with van der Waals surface area (Å²) in [4.78, 5) is 13.2. The fourth-order valence-corrected chi connectivity index (χ4v) is 2.60. The van der Waals surface area contributed by atoms with Crippen LogP contribution in [0.3, 0.4) is 0 Å². The van der Waals surface area contributed by atoms with Crippen molar-refractivity contribution in [2.75, 3.05) is 11.4 Å². The number of benzene rings is 2. The highest BCUT2D eigenvalue weighted by Crippen LogP contribution is 2.25. The number of hydrogen-bond donors (Lipinski definition) is 1. The molecule has 0 aliphatic heterocycles. The summed E-state index contributed by atoms with van der Waals surface area (Å²) >= 11 is 3.32. The Hall–Kier alpha value is -1.81. The van der Waals surface area contributed by atoms with Gasteiger partial charge in [-0.3, -0.25) is 0 Å². The highest BCUT2D eigenvalue weighted by Gasteiger charge is 2.11. The van der Waals surface area contributed by atoms with E-state index in [1.807, 2.05) is 30.3 Å². The van der Waals surface area contributed by atoms with Gasteiger partial charge in [0.15, 0.2) is 0 Å². The minimum atomic E-state index is -0.922. The Kier molecular flexibility index (Phi) is 4.79. The third-order valence-electron chi connectivity index (χ3n) is 3.15. The van der Waals surface area contributed by atoms with Gasteiger partial charge in [-0.05, 0) is 46.6 Å². The van der Waals surface area contributed by atoms with Gasteiger partial charge >= 0.3 is 5.97 Å². The van der Waals surface area contributed by atoms with Gasteiger partial charge in [0.2, 0.25) is 0 Å². The van der Waals surface area contributed by atoms with E-state index in [4.69, 9.17) is 5.11 Å². The maximum atomic E-state index is 11.0. The first-order chi connectivity index (χ1) is 9.61. The normalized spacial score (nSPS) is 10.3. The van der Waals surface area contributed by atoms with Crippen molar-refractivity contribution in [2.24, 2.45) is 0 Å². The fraction of sp³-hybridized carbons (Fsp3) is 0.188. The molecule has 0 aromatic heterocycles. The molecule has 0 atom stereocenters. The Morgan fingerprint density at radius 3 is 2.45 bits per heavy atom. The van der Waals surface area contributed by atoms with Crippen molar-refractivity contribution in [3.8, 4) is 0 Å². The van der Waals surface area contributed by atoms with Gasteiger partial charge < -0.3 is 10.0 Å². The predicted molar refractivity (Wildman–Crippen MR) is 84.3 cm³/mol. The summed E-state index contributed by atoms with van der Waals surface area (Å²) in [5.74, 6) is -0.922. The molecule has 0 bridgehead atoms. The topological polar surface area (TPSA) is 40.5 Å². The zero-order chi connectivity index (χ0) is 14.5. The Balaban J connectivity index is 2.24. The molecule has 20 heavy (non-hydrogen) atoms. The smallest absolute Gasteiger partial charge is 0.336 e. The number of hydrogen-bond acceptors (Lipinski definition) is 2. The number of rotatable bonds is 5. The minimum Gasteiger partial charge on any atom is -0.478 e. The molecule has 0 saturated heterocycles. The van der Waals surface area contributed by atoms with Crippen LogP contribution in [0.15, 0.2) is 53.0 Å². The molecule has 4 heteroatoms. The number of carboxylic acid groups (broad SMARTS) is 1. The SMILES string of the molecule is CCN(Cc1ccccc1)c1ccc(C(=O)O)c(Br)c1. The number of halogens is 1. The molecule has 0 fully saturated rings. The molecule has 104 valence electrons. The first-order valence-electron chi connectivity index (χ1n) is 6.43. The van der Waals surface area contributed by atoms with Crippen molar-refractivity contribution in [1.29, 1.82) is 0 Å². The van der Waals surface area contributed by atoms with E-state index in [9.17, 15) is 4.79 Å². The van der Waals surface area contributed by atoms with E-state index < -0.39 is 5.97 Å². The molecule has 1 N–H and O–H groups in total. The lowest BCUT2D eigenvalue weighted by Crippen LogP contribution is -2.22. The van der Waals surface area contributed by atoms with Crippen LogP contribution in [0, 0.1) is 0 Å². The van der Waals surface area contributed by atoms with Crippen LogP contribution in [0.25, 0.3) is 0 Å². The van der Waals surface area contributed by atoms with Crippen LogP contribution < -0.4 is 4.90 Å². The summed E-state index contributed by atoms with van der Waals surface area (Å²) in [6.07, 6.45) is 0. The quantitative estimate of drug-likeness (QED) is 0.892. The lowest BCUT2D eigenvalue weighted by atomic mass is 10.1. The summed E-state index contributed by atoms with van der Waals surface area (Å²) in [5, 5.41) is 9.04. The third-order valence-corrected chi connectivity index (χ3v) is 3.80. The van der Waals surface area contributed by atoms with Crippen LogP contribution in [-0.2, 0) is 6.54 Å². The third kappa shape index (κ3) is 3.39. The molecule has 0 unspecified atom stereocenters. The number of nitrogens with zero attached hydrogens (tertiary/aromatic N) is 1. The molecule has 3 nitrogen and oxygen atoms in total. The molecule has 0 radical (unpaired) electrons. The second kappa shape index (κ2) is 6.57. The van der Waals surface area contributed by atoms with E-state index in [-0.39, 0.29) is 5.56 Å². The van der Waals surface area contributed by atoms with Crippen LogP contribution in [0.1, 0.15) is 22.8 Å². The molecule has 2 rings (SSSR count). The van der Waals surface area contributed by atoms with Crippen LogP contribution in [0.2, 0.25) is 0 Å². The second-order valence-electron chi connectivity index (χ2n) is 4.47. The summed E-state index contributed by atoms with van der Waals surface area (Å²) < 4.78 is 0.606. The lowest BCUT2D eigenvalue weighted by molar-refractivity contribution is 0.0696. The van der Waals surface area contributed by atoms with E-state index in [2.05, 4.69) is 39.9 Å². The molecular formula is C16H16BrNO2. The molecule has 0 spiro atoms. The van der Waals surface area contributed by atoms with Gasteiger partial charge in [-0.25, -0.2) is 4.79 Å². The van der Waals surface area contributed by atoms with Crippen LogP contribution in [0.5, 0.6) is 0 Å². The Morgan fingerprint density at radius 2 is 1.90 bits per heavy atom. The monoisotopic (exact) mass is 333 g/mol. The number of carbonyl (C=O) groups is 1. The van der Waals surface area contributed by atoms with Gasteiger partial charge in [0.25, 0.3) is 0 Å². The minimum absolute atomic E-state index is 0.282. The van der Waals surface area contributed by atoms with Crippen molar-refractivity contribution in [2.45, 2.75) is 13.5 Å². The fourth-order valence-electron chi connectivity index (χ4n) is 2.06.